The fourth-order valence-electron chi connectivity index (χ4n) is 1.89. The highest BCUT2D eigenvalue weighted by Gasteiger charge is 2.06. The number of nitrogens with two attached hydrogens (primary N) is 1. The van der Waals surface area contributed by atoms with Crippen molar-refractivity contribution in [3.05, 3.63) is 42.5 Å². The molecule has 19 heavy (non-hydrogen) atoms. The summed E-state index contributed by atoms with van der Waals surface area (Å²) in [7, 11) is 1.66. The van der Waals surface area contributed by atoms with Gasteiger partial charge in [-0.1, -0.05) is 18.2 Å². The van der Waals surface area contributed by atoms with Crippen LogP contribution in [0, 0.1) is 0 Å². The van der Waals surface area contributed by atoms with Crippen molar-refractivity contribution in [2.75, 3.05) is 12.8 Å². The molecule has 0 amide bonds. The van der Waals surface area contributed by atoms with Crippen molar-refractivity contribution in [2.24, 2.45) is 0 Å². The van der Waals surface area contributed by atoms with E-state index in [2.05, 4.69) is 0 Å². The quantitative estimate of drug-likeness (QED) is 0.849. The molecule has 0 aliphatic rings. The summed E-state index contributed by atoms with van der Waals surface area (Å²) in [6, 6.07) is 13.7. The molecule has 0 aliphatic heterocycles. The molecule has 3 nitrogen and oxygen atoms in total. The molecule has 0 aromatic heterocycles. The molecule has 2 rings (SSSR count). The van der Waals surface area contributed by atoms with Gasteiger partial charge in [0.25, 0.3) is 0 Å². The molecule has 3 heteroatoms. The molecule has 0 radical (unpaired) electrons. The normalized spacial score (nSPS) is 10.5. The van der Waals surface area contributed by atoms with Crippen LogP contribution in [0.5, 0.6) is 11.5 Å². The monoisotopic (exact) mass is 257 g/mol. The average Bonchev–Trinajstić information content (AvgIpc) is 2.40. The second-order valence-corrected chi connectivity index (χ2v) is 4.65. The van der Waals surface area contributed by atoms with E-state index in [9.17, 15) is 0 Å². The van der Waals surface area contributed by atoms with Gasteiger partial charge in [0.15, 0.2) is 0 Å². The standard InChI is InChI=1S/C16H19NO2/c1-11(2)19-16-8-7-13(10-15(16)17)12-5-4-6-14(9-12)18-3/h4-11H,17H2,1-3H3. The first-order valence-electron chi connectivity index (χ1n) is 6.30. The number of ether oxygens (including phenoxy) is 2. The van der Waals surface area contributed by atoms with Crippen LogP contribution < -0.4 is 15.2 Å². The van der Waals surface area contributed by atoms with Crippen LogP contribution in [-0.4, -0.2) is 13.2 Å². The van der Waals surface area contributed by atoms with E-state index in [0.717, 1.165) is 22.6 Å². The summed E-state index contributed by atoms with van der Waals surface area (Å²) >= 11 is 0. The van der Waals surface area contributed by atoms with Gasteiger partial charge < -0.3 is 15.2 Å². The van der Waals surface area contributed by atoms with Gasteiger partial charge in [0.1, 0.15) is 11.5 Å². The summed E-state index contributed by atoms with van der Waals surface area (Å²) in [5.41, 5.74) is 8.79. The van der Waals surface area contributed by atoms with Crippen LogP contribution in [0.4, 0.5) is 5.69 Å². The smallest absolute Gasteiger partial charge is 0.142 e. The maximum absolute atomic E-state index is 6.02. The van der Waals surface area contributed by atoms with Gasteiger partial charge in [-0.3, -0.25) is 0 Å². The summed E-state index contributed by atoms with van der Waals surface area (Å²) in [4.78, 5) is 0. The Labute approximate surface area is 114 Å². The molecule has 0 heterocycles. The molecular formula is C16H19NO2. The largest absolute Gasteiger partial charge is 0.497 e. The SMILES string of the molecule is COc1cccc(-c2ccc(OC(C)C)c(N)c2)c1. The predicted octanol–water partition coefficient (Wildman–Crippen LogP) is 3.73. The third kappa shape index (κ3) is 3.19. The Morgan fingerprint density at radius 1 is 1.00 bits per heavy atom. The number of hydrogen-bond donors (Lipinski definition) is 1. The van der Waals surface area contributed by atoms with Crippen molar-refractivity contribution in [2.45, 2.75) is 20.0 Å². The van der Waals surface area contributed by atoms with Gasteiger partial charge in [-0.05, 0) is 49.2 Å². The Balaban J connectivity index is 2.33. The fraction of sp³-hybridized carbons (Fsp3) is 0.250. The Kier molecular flexibility index (Phi) is 3.95. The summed E-state index contributed by atoms with van der Waals surface area (Å²) in [6.45, 7) is 3.96. The third-order valence-electron chi connectivity index (χ3n) is 2.78. The molecule has 2 N–H and O–H groups in total. The highest BCUT2D eigenvalue weighted by molar-refractivity contribution is 5.71. The second kappa shape index (κ2) is 5.65. The lowest BCUT2D eigenvalue weighted by Gasteiger charge is -2.13. The summed E-state index contributed by atoms with van der Waals surface area (Å²) < 4.78 is 10.9. The van der Waals surface area contributed by atoms with E-state index in [4.69, 9.17) is 15.2 Å². The number of methoxy groups -OCH3 is 1. The number of rotatable bonds is 4. The zero-order chi connectivity index (χ0) is 13.8. The molecular weight excluding hydrogens is 238 g/mol. The van der Waals surface area contributed by atoms with Crippen LogP contribution in [0.3, 0.4) is 0 Å². The van der Waals surface area contributed by atoms with E-state index < -0.39 is 0 Å². The van der Waals surface area contributed by atoms with E-state index >= 15 is 0 Å². The van der Waals surface area contributed by atoms with Gasteiger partial charge in [0.05, 0.1) is 18.9 Å². The Morgan fingerprint density at radius 3 is 2.37 bits per heavy atom. The molecule has 0 unspecified atom stereocenters. The number of nitrogen functional groups attached to an aromatic ring is 1. The van der Waals surface area contributed by atoms with Gasteiger partial charge >= 0.3 is 0 Å². The minimum absolute atomic E-state index is 0.116. The first-order valence-corrected chi connectivity index (χ1v) is 6.30. The Morgan fingerprint density at radius 2 is 1.74 bits per heavy atom. The van der Waals surface area contributed by atoms with Gasteiger partial charge in [0, 0.05) is 0 Å². The van der Waals surface area contributed by atoms with Crippen molar-refractivity contribution >= 4 is 5.69 Å². The lowest BCUT2D eigenvalue weighted by molar-refractivity contribution is 0.244. The molecule has 0 atom stereocenters. The van der Waals surface area contributed by atoms with Crippen LogP contribution in [0.2, 0.25) is 0 Å². The molecule has 0 saturated carbocycles. The molecule has 0 saturated heterocycles. The van der Waals surface area contributed by atoms with E-state index in [1.807, 2.05) is 56.3 Å². The van der Waals surface area contributed by atoms with Crippen molar-refractivity contribution < 1.29 is 9.47 Å². The van der Waals surface area contributed by atoms with Crippen molar-refractivity contribution in [3.8, 4) is 22.6 Å². The van der Waals surface area contributed by atoms with Crippen molar-refractivity contribution in [3.63, 3.8) is 0 Å². The molecule has 0 bridgehead atoms. The average molecular weight is 257 g/mol. The van der Waals surface area contributed by atoms with E-state index in [0.29, 0.717) is 5.69 Å². The van der Waals surface area contributed by atoms with Gasteiger partial charge in [-0.25, -0.2) is 0 Å². The van der Waals surface area contributed by atoms with E-state index in [1.54, 1.807) is 7.11 Å². The van der Waals surface area contributed by atoms with E-state index in [-0.39, 0.29) is 6.10 Å². The third-order valence-corrected chi connectivity index (χ3v) is 2.78. The Bertz CT molecular complexity index is 564. The lowest BCUT2D eigenvalue weighted by Crippen LogP contribution is -2.07. The maximum atomic E-state index is 6.02. The molecule has 100 valence electrons. The van der Waals surface area contributed by atoms with Crippen LogP contribution in [0.1, 0.15) is 13.8 Å². The van der Waals surface area contributed by atoms with E-state index in [1.165, 1.54) is 0 Å². The highest BCUT2D eigenvalue weighted by Crippen LogP contribution is 2.30. The van der Waals surface area contributed by atoms with Crippen molar-refractivity contribution in [1.29, 1.82) is 0 Å². The minimum Gasteiger partial charge on any atom is -0.497 e. The number of benzene rings is 2. The zero-order valence-electron chi connectivity index (χ0n) is 11.5. The molecule has 2 aromatic carbocycles. The predicted molar refractivity (Wildman–Crippen MR) is 78.6 cm³/mol. The maximum Gasteiger partial charge on any atom is 0.142 e. The van der Waals surface area contributed by atoms with Crippen LogP contribution in [-0.2, 0) is 0 Å². The molecule has 2 aromatic rings. The summed E-state index contributed by atoms with van der Waals surface area (Å²) in [5, 5.41) is 0. The molecule has 0 fully saturated rings. The highest BCUT2D eigenvalue weighted by atomic mass is 16.5. The van der Waals surface area contributed by atoms with Crippen LogP contribution in [0.15, 0.2) is 42.5 Å². The lowest BCUT2D eigenvalue weighted by atomic mass is 10.0. The van der Waals surface area contributed by atoms with Crippen LogP contribution >= 0.6 is 0 Å². The van der Waals surface area contributed by atoms with Crippen molar-refractivity contribution in [1.82, 2.24) is 0 Å². The minimum atomic E-state index is 0.116. The Hall–Kier alpha value is -2.16. The zero-order valence-corrected chi connectivity index (χ0v) is 11.5. The second-order valence-electron chi connectivity index (χ2n) is 4.65. The van der Waals surface area contributed by atoms with Gasteiger partial charge in [-0.15, -0.1) is 0 Å². The summed E-state index contributed by atoms with van der Waals surface area (Å²) in [6.07, 6.45) is 0.116. The van der Waals surface area contributed by atoms with Gasteiger partial charge in [-0.2, -0.15) is 0 Å². The van der Waals surface area contributed by atoms with Gasteiger partial charge in [0.2, 0.25) is 0 Å². The summed E-state index contributed by atoms with van der Waals surface area (Å²) in [5.74, 6) is 1.56. The number of hydrogen-bond acceptors (Lipinski definition) is 3. The van der Waals surface area contributed by atoms with Crippen LogP contribution in [0.25, 0.3) is 11.1 Å². The first kappa shape index (κ1) is 13.3. The fourth-order valence-corrected chi connectivity index (χ4v) is 1.89. The first-order chi connectivity index (χ1) is 9.10. The molecule has 0 aliphatic carbocycles. The topological polar surface area (TPSA) is 44.5 Å². The molecule has 0 spiro atoms. The number of anilines is 1.